The van der Waals surface area contributed by atoms with Gasteiger partial charge in [-0.1, -0.05) is 18.2 Å². The van der Waals surface area contributed by atoms with Gasteiger partial charge in [0.25, 0.3) is 5.91 Å². The quantitative estimate of drug-likeness (QED) is 0.464. The van der Waals surface area contributed by atoms with Gasteiger partial charge in [0.15, 0.2) is 0 Å². The number of H-pyrrole nitrogens is 1. The molecule has 3 heterocycles. The van der Waals surface area contributed by atoms with Crippen molar-refractivity contribution in [2.24, 2.45) is 0 Å². The Labute approximate surface area is 194 Å². The molecule has 0 spiro atoms. The fraction of sp³-hybridized carbons (Fsp3) is 0.400. The molecule has 1 fully saturated rings. The number of aromatic amines is 1. The van der Waals surface area contributed by atoms with Crippen molar-refractivity contribution in [2.75, 3.05) is 14.2 Å². The molecule has 1 saturated heterocycles. The number of carbonyl (C=O) groups excluding carboxylic acids is 1. The fourth-order valence-corrected chi connectivity index (χ4v) is 4.37. The second-order valence-corrected chi connectivity index (χ2v) is 8.66. The van der Waals surface area contributed by atoms with Crippen molar-refractivity contribution >= 4 is 5.91 Å². The molecule has 1 aliphatic rings. The molecule has 1 aromatic carbocycles. The molecule has 8 heteroatoms. The molecule has 0 saturated carbocycles. The van der Waals surface area contributed by atoms with Crippen molar-refractivity contribution in [1.82, 2.24) is 25.4 Å². The lowest BCUT2D eigenvalue weighted by Gasteiger charge is -2.20. The van der Waals surface area contributed by atoms with Gasteiger partial charge >= 0.3 is 0 Å². The average Bonchev–Trinajstić information content (AvgIpc) is 3.49. The zero-order chi connectivity index (χ0) is 23.2. The molecule has 3 aromatic rings. The maximum absolute atomic E-state index is 12.8. The third-order valence-electron chi connectivity index (χ3n) is 6.10. The minimum atomic E-state index is -0.556. The Morgan fingerprint density at radius 2 is 2.09 bits per heavy atom. The summed E-state index contributed by atoms with van der Waals surface area (Å²) in [6.45, 7) is 0.887. The minimum Gasteiger partial charge on any atom is -0.387 e. The van der Waals surface area contributed by atoms with E-state index in [2.05, 4.69) is 20.5 Å². The summed E-state index contributed by atoms with van der Waals surface area (Å²) in [5.74, 6) is -0.0449. The van der Waals surface area contributed by atoms with Crippen molar-refractivity contribution in [2.45, 2.75) is 50.6 Å². The number of benzene rings is 1. The summed E-state index contributed by atoms with van der Waals surface area (Å²) >= 11 is 0. The number of nitrogens with zero attached hydrogens (tertiary/aromatic N) is 3. The maximum atomic E-state index is 12.8. The Kier molecular flexibility index (Phi) is 7.49. The van der Waals surface area contributed by atoms with E-state index in [9.17, 15) is 9.90 Å². The van der Waals surface area contributed by atoms with E-state index in [0.29, 0.717) is 24.8 Å². The number of aliphatic hydroxyl groups is 1. The fourth-order valence-electron chi connectivity index (χ4n) is 4.37. The smallest absolute Gasteiger partial charge is 0.253 e. The van der Waals surface area contributed by atoms with Crippen molar-refractivity contribution in [1.29, 1.82) is 0 Å². The first-order valence-corrected chi connectivity index (χ1v) is 11.2. The molecule has 4 rings (SSSR count). The first kappa shape index (κ1) is 23.1. The number of aliphatic hydroxyl groups excluding tert-OH is 1. The minimum absolute atomic E-state index is 0.0279. The second kappa shape index (κ2) is 10.7. The highest BCUT2D eigenvalue weighted by Crippen LogP contribution is 2.26. The Morgan fingerprint density at radius 1 is 1.27 bits per heavy atom. The normalized spacial score (nSPS) is 18.9. The van der Waals surface area contributed by atoms with Crippen LogP contribution < -0.4 is 5.32 Å². The molecule has 0 aliphatic carbocycles. The predicted octanol–water partition coefficient (Wildman–Crippen LogP) is 2.62. The van der Waals surface area contributed by atoms with Crippen molar-refractivity contribution < 1.29 is 14.6 Å². The second-order valence-electron chi connectivity index (χ2n) is 8.66. The van der Waals surface area contributed by atoms with Gasteiger partial charge in [-0.25, -0.2) is 0 Å². The van der Waals surface area contributed by atoms with Gasteiger partial charge in [-0.15, -0.1) is 0 Å². The van der Waals surface area contributed by atoms with Crippen molar-refractivity contribution in [3.05, 3.63) is 82.9 Å². The van der Waals surface area contributed by atoms with Crippen LogP contribution in [0.2, 0.25) is 0 Å². The van der Waals surface area contributed by atoms with Crippen LogP contribution in [0.25, 0.3) is 0 Å². The van der Waals surface area contributed by atoms with E-state index < -0.39 is 6.10 Å². The number of nitrogens with one attached hydrogen (secondary N) is 2. The van der Waals surface area contributed by atoms with Crippen LogP contribution >= 0.6 is 0 Å². The van der Waals surface area contributed by atoms with Gasteiger partial charge in [0.2, 0.25) is 0 Å². The van der Waals surface area contributed by atoms with Crippen LogP contribution in [0.4, 0.5) is 0 Å². The number of rotatable bonds is 9. The largest absolute Gasteiger partial charge is 0.387 e. The number of hydrogen-bond acceptors (Lipinski definition) is 6. The Bertz CT molecular complexity index is 1040. The number of amides is 1. The molecule has 1 amide bonds. The summed E-state index contributed by atoms with van der Waals surface area (Å²) in [5.41, 5.74) is 4.34. The van der Waals surface area contributed by atoms with Gasteiger partial charge in [-0.3, -0.25) is 14.9 Å². The lowest BCUT2D eigenvalue weighted by Crippen LogP contribution is -2.35. The van der Waals surface area contributed by atoms with Crippen molar-refractivity contribution in [3.63, 3.8) is 0 Å². The van der Waals surface area contributed by atoms with E-state index in [1.165, 1.54) is 5.56 Å². The van der Waals surface area contributed by atoms with E-state index in [4.69, 9.17) is 4.74 Å². The summed E-state index contributed by atoms with van der Waals surface area (Å²) in [6, 6.07) is 13.8. The summed E-state index contributed by atoms with van der Waals surface area (Å²) in [5, 5.41) is 21.3. The first-order valence-electron chi connectivity index (χ1n) is 11.2. The summed E-state index contributed by atoms with van der Waals surface area (Å²) in [6.07, 6.45) is 5.65. The Balaban J connectivity index is 1.29. The summed E-state index contributed by atoms with van der Waals surface area (Å²) < 4.78 is 5.09. The standard InChI is InChI=1S/C25H31N5O3/c1-30(15-21-13-22(16-33-2)29-28-21)25(32)18-7-5-17(6-8-18)12-20-9-10-23(27-20)24(31)19-4-3-11-26-14-19/h3-8,11,13-14,20,23-24,27,31H,9-10,12,15-16H2,1-2H3,(H,28,29)/t20-,23+,24+/m0/s1. The van der Waals surface area contributed by atoms with E-state index >= 15 is 0 Å². The van der Waals surface area contributed by atoms with E-state index in [1.807, 2.05) is 42.5 Å². The number of aromatic nitrogens is 3. The lowest BCUT2D eigenvalue weighted by molar-refractivity contribution is 0.0783. The molecular formula is C25H31N5O3. The van der Waals surface area contributed by atoms with Crippen LogP contribution in [0.3, 0.4) is 0 Å². The van der Waals surface area contributed by atoms with Crippen LogP contribution in [-0.4, -0.2) is 57.3 Å². The molecule has 3 atom stereocenters. The third kappa shape index (κ3) is 5.84. The maximum Gasteiger partial charge on any atom is 0.253 e. The predicted molar refractivity (Wildman–Crippen MR) is 124 cm³/mol. The van der Waals surface area contributed by atoms with Gasteiger partial charge in [0.05, 0.1) is 30.6 Å². The van der Waals surface area contributed by atoms with Crippen LogP contribution in [0, 0.1) is 0 Å². The molecule has 3 N–H and O–H groups in total. The number of hydrogen-bond donors (Lipinski definition) is 3. The van der Waals surface area contributed by atoms with Crippen LogP contribution in [0.1, 0.15) is 51.8 Å². The molecule has 0 radical (unpaired) electrons. The van der Waals surface area contributed by atoms with Gasteiger partial charge in [-0.05, 0) is 49.1 Å². The molecule has 0 bridgehead atoms. The van der Waals surface area contributed by atoms with Gasteiger partial charge in [0, 0.05) is 49.8 Å². The molecule has 33 heavy (non-hydrogen) atoms. The number of pyridine rings is 1. The van der Waals surface area contributed by atoms with Crippen molar-refractivity contribution in [3.8, 4) is 0 Å². The molecule has 174 valence electrons. The summed E-state index contributed by atoms with van der Waals surface area (Å²) in [7, 11) is 3.41. The van der Waals surface area contributed by atoms with E-state index in [1.54, 1.807) is 31.5 Å². The SMILES string of the molecule is COCc1cc(CN(C)C(=O)c2ccc(C[C@@H]3CC[C@H]([C@H](O)c4cccnc4)N3)cc2)n[nH]1. The number of ether oxygens (including phenoxy) is 1. The highest BCUT2D eigenvalue weighted by atomic mass is 16.5. The topological polar surface area (TPSA) is 103 Å². The zero-order valence-corrected chi connectivity index (χ0v) is 19.1. The Morgan fingerprint density at radius 3 is 2.82 bits per heavy atom. The highest BCUT2D eigenvalue weighted by Gasteiger charge is 2.30. The first-order chi connectivity index (χ1) is 16.0. The lowest BCUT2D eigenvalue weighted by atomic mass is 10.0. The molecule has 0 unspecified atom stereocenters. The summed E-state index contributed by atoms with van der Waals surface area (Å²) in [4.78, 5) is 18.6. The number of carbonyl (C=O) groups is 1. The average molecular weight is 450 g/mol. The molecular weight excluding hydrogens is 418 g/mol. The third-order valence-corrected chi connectivity index (χ3v) is 6.10. The molecule has 2 aromatic heterocycles. The monoisotopic (exact) mass is 449 g/mol. The van der Waals surface area contributed by atoms with Crippen LogP contribution in [-0.2, 0) is 24.3 Å². The van der Waals surface area contributed by atoms with Crippen LogP contribution in [0.5, 0.6) is 0 Å². The molecule has 8 nitrogen and oxygen atoms in total. The molecule has 1 aliphatic heterocycles. The van der Waals surface area contributed by atoms with E-state index in [-0.39, 0.29) is 11.9 Å². The highest BCUT2D eigenvalue weighted by molar-refractivity contribution is 5.94. The van der Waals surface area contributed by atoms with Gasteiger partial charge in [-0.2, -0.15) is 5.10 Å². The Hall–Kier alpha value is -3.07. The number of methoxy groups -OCH3 is 1. The van der Waals surface area contributed by atoms with Gasteiger partial charge in [0.1, 0.15) is 0 Å². The zero-order valence-electron chi connectivity index (χ0n) is 19.1. The van der Waals surface area contributed by atoms with Crippen LogP contribution in [0.15, 0.2) is 54.9 Å². The van der Waals surface area contributed by atoms with E-state index in [0.717, 1.165) is 36.2 Å². The van der Waals surface area contributed by atoms with Gasteiger partial charge < -0.3 is 20.1 Å².